The fourth-order valence-electron chi connectivity index (χ4n) is 8.16. The van der Waals surface area contributed by atoms with Crippen LogP contribution in [0.4, 0.5) is 0 Å². The first-order valence-corrected chi connectivity index (χ1v) is 6.80. The van der Waals surface area contributed by atoms with Gasteiger partial charge in [-0.1, -0.05) is 13.8 Å². The van der Waals surface area contributed by atoms with Gasteiger partial charge in [-0.15, -0.1) is 0 Å². The predicted octanol–water partition coefficient (Wildman–Crippen LogP) is 1.08. The highest BCUT2D eigenvalue weighted by Crippen LogP contribution is 3.03. The molecule has 0 aromatic heterocycles. The van der Waals surface area contributed by atoms with Gasteiger partial charge in [-0.25, -0.2) is 0 Å². The van der Waals surface area contributed by atoms with Gasteiger partial charge in [-0.3, -0.25) is 9.59 Å². The van der Waals surface area contributed by atoms with Crippen LogP contribution in [0.5, 0.6) is 0 Å². The summed E-state index contributed by atoms with van der Waals surface area (Å²) in [4.78, 5) is 23.7. The lowest BCUT2D eigenvalue weighted by atomic mass is 9.00. The number of esters is 2. The van der Waals surface area contributed by atoms with Crippen LogP contribution in [-0.4, -0.2) is 11.9 Å². The standard InChI is InChI=1S/C14H14O3/c1-13-7-5-3-4(12(16)17-11(3)15)6-9(7)14(13,2)10(6)8(5)13/h3-10H,1-2H3/t3-,4+,5?,6?,7-,8-,9+,10+,13?,14?. The second kappa shape index (κ2) is 1.70. The van der Waals surface area contributed by atoms with Crippen molar-refractivity contribution in [2.75, 3.05) is 0 Å². The Bertz CT molecular complexity index is 482. The van der Waals surface area contributed by atoms with Crippen molar-refractivity contribution in [2.24, 2.45) is 58.2 Å². The van der Waals surface area contributed by atoms with E-state index < -0.39 is 0 Å². The lowest BCUT2D eigenvalue weighted by Gasteiger charge is -3.03. The summed E-state index contributed by atoms with van der Waals surface area (Å²) in [6.07, 6.45) is 0. The molecule has 0 radical (unpaired) electrons. The molecule has 6 aliphatic carbocycles. The van der Waals surface area contributed by atoms with Crippen molar-refractivity contribution < 1.29 is 14.3 Å². The fraction of sp³-hybridized carbons (Fsp3) is 0.857. The largest absolute Gasteiger partial charge is 0.393 e. The molecule has 1 aliphatic heterocycles. The lowest BCUT2D eigenvalue weighted by Crippen LogP contribution is -3.01. The predicted molar refractivity (Wildman–Crippen MR) is 55.2 cm³/mol. The van der Waals surface area contributed by atoms with E-state index >= 15 is 0 Å². The molecule has 3 nitrogen and oxygen atoms in total. The zero-order valence-electron chi connectivity index (χ0n) is 9.84. The first-order chi connectivity index (χ1) is 8.04. The molecule has 7 fully saturated rings. The molecule has 7 aliphatic rings. The van der Waals surface area contributed by atoms with Crippen LogP contribution >= 0.6 is 0 Å². The smallest absolute Gasteiger partial charge is 0.317 e. The Morgan fingerprint density at radius 3 is 1.53 bits per heavy atom. The summed E-state index contributed by atoms with van der Waals surface area (Å²) in [5.74, 6) is 3.49. The van der Waals surface area contributed by atoms with Crippen molar-refractivity contribution in [1.29, 1.82) is 0 Å². The molecule has 0 unspecified atom stereocenters. The van der Waals surface area contributed by atoms with E-state index in [9.17, 15) is 9.59 Å². The molecule has 0 aromatic carbocycles. The van der Waals surface area contributed by atoms with Crippen molar-refractivity contribution >= 4 is 11.9 Å². The summed E-state index contributed by atoms with van der Waals surface area (Å²) < 4.78 is 4.92. The Hall–Kier alpha value is -0.860. The van der Waals surface area contributed by atoms with E-state index in [0.29, 0.717) is 22.7 Å². The van der Waals surface area contributed by atoms with Crippen LogP contribution in [0.2, 0.25) is 0 Å². The minimum atomic E-state index is -0.200. The average molecular weight is 230 g/mol. The molecule has 17 heavy (non-hydrogen) atoms. The maximum atomic E-state index is 11.8. The minimum absolute atomic E-state index is 0.0482. The number of cyclic esters (lactones) is 2. The topological polar surface area (TPSA) is 43.4 Å². The molecule has 6 saturated carbocycles. The Morgan fingerprint density at radius 1 is 0.824 bits per heavy atom. The highest BCUT2D eigenvalue weighted by atomic mass is 16.6. The number of carbonyl (C=O) groups excluding carboxylic acids is 2. The SMILES string of the molecule is CC12[C@@H]3C4[C@@H]1[C@@H]1C([C@H]5C(=O)OC(=O)[C@@H]45)[C@@H]3C12C. The molecule has 6 atom stereocenters. The molecule has 1 heterocycles. The van der Waals surface area contributed by atoms with Crippen molar-refractivity contribution in [2.45, 2.75) is 13.8 Å². The molecule has 1 saturated heterocycles. The Balaban J connectivity index is 1.58. The van der Waals surface area contributed by atoms with E-state index in [1.807, 2.05) is 0 Å². The van der Waals surface area contributed by atoms with E-state index in [1.54, 1.807) is 0 Å². The van der Waals surface area contributed by atoms with Gasteiger partial charge in [0.2, 0.25) is 0 Å². The number of rotatable bonds is 0. The fourth-order valence-corrected chi connectivity index (χ4v) is 8.16. The summed E-state index contributed by atoms with van der Waals surface area (Å²) in [7, 11) is 0. The van der Waals surface area contributed by atoms with Gasteiger partial charge in [-0.2, -0.15) is 0 Å². The van der Waals surface area contributed by atoms with Gasteiger partial charge in [-0.05, 0) is 46.3 Å². The second-order valence-corrected chi connectivity index (χ2v) is 7.61. The Morgan fingerprint density at radius 2 is 1.18 bits per heavy atom. The Kier molecular flexibility index (Phi) is 0.830. The molecule has 0 spiro atoms. The normalized spacial score (nSPS) is 79.2. The second-order valence-electron chi connectivity index (χ2n) is 7.61. The summed E-state index contributed by atoms with van der Waals surface area (Å²) in [5.41, 5.74) is 1.06. The first-order valence-electron chi connectivity index (χ1n) is 6.80. The number of hydrogen-bond donors (Lipinski definition) is 0. The monoisotopic (exact) mass is 230 g/mol. The van der Waals surface area contributed by atoms with Crippen molar-refractivity contribution in [3.8, 4) is 0 Å². The molecule has 88 valence electrons. The van der Waals surface area contributed by atoms with E-state index in [1.165, 1.54) is 0 Å². The van der Waals surface area contributed by atoms with Gasteiger partial charge in [0.05, 0.1) is 11.8 Å². The van der Waals surface area contributed by atoms with Crippen LogP contribution in [-0.2, 0) is 14.3 Å². The molecule has 7 rings (SSSR count). The van der Waals surface area contributed by atoms with Gasteiger partial charge in [0.1, 0.15) is 0 Å². The first kappa shape index (κ1) is 8.28. The third-order valence-electron chi connectivity index (χ3n) is 8.32. The number of ether oxygens (including phenoxy) is 1. The third-order valence-corrected chi connectivity index (χ3v) is 8.32. The van der Waals surface area contributed by atoms with Gasteiger partial charge < -0.3 is 4.74 Å². The summed E-state index contributed by atoms with van der Waals surface area (Å²) in [6.45, 7) is 4.84. The molecular weight excluding hydrogens is 216 g/mol. The van der Waals surface area contributed by atoms with Crippen LogP contribution in [0.3, 0.4) is 0 Å². The molecule has 0 amide bonds. The zero-order valence-corrected chi connectivity index (χ0v) is 9.84. The lowest BCUT2D eigenvalue weighted by molar-refractivity contribution is -0.571. The van der Waals surface area contributed by atoms with Crippen molar-refractivity contribution in [3.05, 3.63) is 0 Å². The maximum Gasteiger partial charge on any atom is 0.317 e. The van der Waals surface area contributed by atoms with Gasteiger partial charge in [0.15, 0.2) is 0 Å². The van der Waals surface area contributed by atoms with Crippen LogP contribution < -0.4 is 0 Å². The summed E-state index contributed by atoms with van der Waals surface area (Å²) in [6, 6.07) is 0. The van der Waals surface area contributed by atoms with Crippen molar-refractivity contribution in [1.82, 2.24) is 0 Å². The van der Waals surface area contributed by atoms with Crippen LogP contribution in [0.15, 0.2) is 0 Å². The minimum Gasteiger partial charge on any atom is -0.393 e. The van der Waals surface area contributed by atoms with E-state index in [-0.39, 0.29) is 23.8 Å². The highest BCUT2D eigenvalue weighted by molar-refractivity contribution is 5.98. The van der Waals surface area contributed by atoms with E-state index in [2.05, 4.69) is 13.8 Å². The quantitative estimate of drug-likeness (QED) is 0.462. The average Bonchev–Trinajstić information content (AvgIpc) is 2.62. The van der Waals surface area contributed by atoms with Crippen LogP contribution in [0, 0.1) is 58.2 Å². The maximum absolute atomic E-state index is 11.8. The molecular formula is C14H14O3. The van der Waals surface area contributed by atoms with Crippen molar-refractivity contribution in [3.63, 3.8) is 0 Å². The zero-order chi connectivity index (χ0) is 11.5. The number of carbonyl (C=O) groups is 2. The summed E-state index contributed by atoms with van der Waals surface area (Å²) >= 11 is 0. The van der Waals surface area contributed by atoms with Crippen LogP contribution in [0.1, 0.15) is 13.8 Å². The summed E-state index contributed by atoms with van der Waals surface area (Å²) in [5, 5.41) is 0. The van der Waals surface area contributed by atoms with E-state index in [4.69, 9.17) is 4.74 Å². The highest BCUT2D eigenvalue weighted by Gasteiger charge is 3.02. The third kappa shape index (κ3) is 0.407. The van der Waals surface area contributed by atoms with Gasteiger partial charge in [0.25, 0.3) is 0 Å². The molecule has 0 aromatic rings. The molecule has 3 heteroatoms. The van der Waals surface area contributed by atoms with Crippen LogP contribution in [0.25, 0.3) is 0 Å². The number of hydrogen-bond acceptors (Lipinski definition) is 3. The molecule has 2 bridgehead atoms. The van der Waals surface area contributed by atoms with Gasteiger partial charge in [0, 0.05) is 0 Å². The molecule has 0 N–H and O–H groups in total. The van der Waals surface area contributed by atoms with E-state index in [0.717, 1.165) is 23.7 Å². The van der Waals surface area contributed by atoms with Gasteiger partial charge >= 0.3 is 11.9 Å². The Labute approximate surface area is 98.9 Å².